The summed E-state index contributed by atoms with van der Waals surface area (Å²) in [5.74, 6) is 1.31. The van der Waals surface area contributed by atoms with Crippen LogP contribution in [0.15, 0.2) is 71.8 Å². The molecule has 4 rings (SSSR count). The Kier molecular flexibility index (Phi) is 7.21. The van der Waals surface area contributed by atoms with Gasteiger partial charge in [-0.25, -0.2) is 0 Å². The fourth-order valence-corrected chi connectivity index (χ4v) is 4.60. The van der Waals surface area contributed by atoms with Gasteiger partial charge in [0.1, 0.15) is 10.8 Å². The predicted molar refractivity (Wildman–Crippen MR) is 120 cm³/mol. The summed E-state index contributed by atoms with van der Waals surface area (Å²) in [5.41, 5.74) is 2.75. The molecule has 1 atom stereocenters. The third-order valence-electron chi connectivity index (χ3n) is 5.25. The fourth-order valence-electron chi connectivity index (χ4n) is 3.60. The van der Waals surface area contributed by atoms with Crippen LogP contribution in [0.4, 0.5) is 0 Å². The molecule has 0 radical (unpaired) electrons. The minimum Gasteiger partial charge on any atom is -0.494 e. The normalized spacial score (nSPS) is 15.2. The van der Waals surface area contributed by atoms with Gasteiger partial charge in [0.05, 0.1) is 28.9 Å². The molecular formula is C24H27N3O2S. The highest BCUT2D eigenvalue weighted by Crippen LogP contribution is 2.21. The Labute approximate surface area is 180 Å². The standard InChI is InChI=1S/C24H27N3O2S/c28-30(19-20-7-2-1-3-8-20)24-14-13-23(25-26-24)21-9-11-22(12-10-21)29-18-6-17-27-15-4-5-16-27/h1-3,7-14H,4-6,15-19H2. The lowest BCUT2D eigenvalue weighted by atomic mass is 10.1. The van der Waals surface area contributed by atoms with Crippen molar-refractivity contribution in [1.29, 1.82) is 0 Å². The number of rotatable bonds is 9. The molecule has 1 unspecified atom stereocenters. The van der Waals surface area contributed by atoms with Crippen LogP contribution in [-0.2, 0) is 16.6 Å². The molecule has 1 saturated heterocycles. The minimum atomic E-state index is -1.21. The monoisotopic (exact) mass is 421 g/mol. The molecule has 1 fully saturated rings. The van der Waals surface area contributed by atoms with Crippen LogP contribution < -0.4 is 4.74 Å². The molecule has 0 spiro atoms. The molecule has 5 nitrogen and oxygen atoms in total. The molecule has 156 valence electrons. The molecule has 1 aliphatic heterocycles. The Bertz CT molecular complexity index is 940. The third-order valence-corrected chi connectivity index (χ3v) is 6.53. The number of nitrogens with zero attached hydrogens (tertiary/aromatic N) is 3. The van der Waals surface area contributed by atoms with E-state index in [0.717, 1.165) is 42.1 Å². The largest absolute Gasteiger partial charge is 0.494 e. The number of benzene rings is 2. The van der Waals surface area contributed by atoms with Gasteiger partial charge in [0.15, 0.2) is 0 Å². The SMILES string of the molecule is O=S(Cc1ccccc1)c1ccc(-c2ccc(OCCCN3CCCC3)cc2)nn1. The topological polar surface area (TPSA) is 55.3 Å². The first-order chi connectivity index (χ1) is 14.8. The molecule has 0 aliphatic carbocycles. The Hall–Kier alpha value is -2.57. The Morgan fingerprint density at radius 3 is 2.37 bits per heavy atom. The number of likely N-dealkylation sites (tertiary alicyclic amines) is 1. The van der Waals surface area contributed by atoms with Crippen LogP contribution in [0.3, 0.4) is 0 Å². The van der Waals surface area contributed by atoms with Gasteiger partial charge in [-0.3, -0.25) is 4.21 Å². The molecule has 0 bridgehead atoms. The predicted octanol–water partition coefficient (Wildman–Crippen LogP) is 4.32. The van der Waals surface area contributed by atoms with E-state index in [1.165, 1.54) is 25.9 Å². The first-order valence-electron chi connectivity index (χ1n) is 10.5. The Balaban J connectivity index is 1.28. The molecule has 0 N–H and O–H groups in total. The highest BCUT2D eigenvalue weighted by Gasteiger charge is 2.11. The van der Waals surface area contributed by atoms with Gasteiger partial charge >= 0.3 is 0 Å². The Morgan fingerprint density at radius 2 is 1.67 bits per heavy atom. The summed E-state index contributed by atoms with van der Waals surface area (Å²) in [6.45, 7) is 4.31. The van der Waals surface area contributed by atoms with E-state index in [0.29, 0.717) is 10.8 Å². The molecule has 1 aromatic heterocycles. The van der Waals surface area contributed by atoms with Crippen molar-refractivity contribution in [3.05, 3.63) is 72.3 Å². The number of hydrogen-bond acceptors (Lipinski definition) is 5. The molecule has 2 heterocycles. The molecule has 0 amide bonds. The fraction of sp³-hybridized carbons (Fsp3) is 0.333. The van der Waals surface area contributed by atoms with Crippen molar-refractivity contribution >= 4 is 10.8 Å². The van der Waals surface area contributed by atoms with Crippen LogP contribution in [0.25, 0.3) is 11.3 Å². The van der Waals surface area contributed by atoms with Gasteiger partial charge in [0, 0.05) is 12.1 Å². The second kappa shape index (κ2) is 10.5. The van der Waals surface area contributed by atoms with E-state index in [9.17, 15) is 4.21 Å². The summed E-state index contributed by atoms with van der Waals surface area (Å²) in [6.07, 6.45) is 3.71. The lowest BCUT2D eigenvalue weighted by Gasteiger charge is -2.14. The number of aromatic nitrogens is 2. The van der Waals surface area contributed by atoms with Gasteiger partial charge in [-0.05, 0) is 74.3 Å². The highest BCUT2D eigenvalue weighted by molar-refractivity contribution is 7.84. The summed E-state index contributed by atoms with van der Waals surface area (Å²) < 4.78 is 18.4. The maximum Gasteiger partial charge on any atom is 0.150 e. The lowest BCUT2D eigenvalue weighted by molar-refractivity contribution is 0.263. The maximum absolute atomic E-state index is 12.5. The van der Waals surface area contributed by atoms with Crippen molar-refractivity contribution in [3.63, 3.8) is 0 Å². The van der Waals surface area contributed by atoms with Gasteiger partial charge in [-0.15, -0.1) is 10.2 Å². The summed E-state index contributed by atoms with van der Waals surface area (Å²) in [7, 11) is -1.21. The van der Waals surface area contributed by atoms with Crippen molar-refractivity contribution in [1.82, 2.24) is 15.1 Å². The zero-order chi connectivity index (χ0) is 20.6. The third kappa shape index (κ3) is 5.74. The smallest absolute Gasteiger partial charge is 0.150 e. The van der Waals surface area contributed by atoms with Gasteiger partial charge in [-0.2, -0.15) is 0 Å². The number of hydrogen-bond donors (Lipinski definition) is 0. The van der Waals surface area contributed by atoms with E-state index in [-0.39, 0.29) is 0 Å². The average Bonchev–Trinajstić information content (AvgIpc) is 3.32. The Morgan fingerprint density at radius 1 is 0.900 bits per heavy atom. The molecule has 30 heavy (non-hydrogen) atoms. The average molecular weight is 422 g/mol. The zero-order valence-electron chi connectivity index (χ0n) is 17.1. The first-order valence-corrected chi connectivity index (χ1v) is 11.8. The van der Waals surface area contributed by atoms with Crippen LogP contribution in [0, 0.1) is 0 Å². The van der Waals surface area contributed by atoms with Crippen LogP contribution in [0.2, 0.25) is 0 Å². The summed E-state index contributed by atoms with van der Waals surface area (Å²) in [4.78, 5) is 2.50. The van der Waals surface area contributed by atoms with E-state index >= 15 is 0 Å². The summed E-state index contributed by atoms with van der Waals surface area (Å²) in [6, 6.07) is 21.4. The zero-order valence-corrected chi connectivity index (χ0v) is 17.9. The molecule has 1 aliphatic rings. The van der Waals surface area contributed by atoms with Gasteiger partial charge in [0.2, 0.25) is 0 Å². The summed E-state index contributed by atoms with van der Waals surface area (Å²) >= 11 is 0. The minimum absolute atomic E-state index is 0.443. The summed E-state index contributed by atoms with van der Waals surface area (Å²) in [5, 5.41) is 8.96. The van der Waals surface area contributed by atoms with Crippen molar-refractivity contribution in [2.75, 3.05) is 26.2 Å². The van der Waals surface area contributed by atoms with E-state index in [1.807, 2.05) is 60.7 Å². The highest BCUT2D eigenvalue weighted by atomic mass is 32.2. The lowest BCUT2D eigenvalue weighted by Crippen LogP contribution is -2.21. The van der Waals surface area contributed by atoms with Crippen LogP contribution in [0.1, 0.15) is 24.8 Å². The van der Waals surface area contributed by atoms with Gasteiger partial charge in [-0.1, -0.05) is 30.3 Å². The van der Waals surface area contributed by atoms with Gasteiger partial charge < -0.3 is 9.64 Å². The first kappa shape index (κ1) is 20.7. The second-order valence-electron chi connectivity index (χ2n) is 7.51. The maximum atomic E-state index is 12.5. The van der Waals surface area contributed by atoms with Crippen LogP contribution in [0.5, 0.6) is 5.75 Å². The van der Waals surface area contributed by atoms with E-state index in [4.69, 9.17) is 4.74 Å². The number of ether oxygens (including phenoxy) is 1. The molecule has 0 saturated carbocycles. The van der Waals surface area contributed by atoms with Crippen LogP contribution in [-0.4, -0.2) is 45.5 Å². The van der Waals surface area contributed by atoms with Crippen molar-refractivity contribution in [2.45, 2.75) is 30.0 Å². The molecule has 3 aromatic rings. The second-order valence-corrected chi connectivity index (χ2v) is 8.91. The van der Waals surface area contributed by atoms with Crippen molar-refractivity contribution < 1.29 is 8.95 Å². The van der Waals surface area contributed by atoms with Crippen molar-refractivity contribution in [2.24, 2.45) is 0 Å². The van der Waals surface area contributed by atoms with E-state index < -0.39 is 10.8 Å². The molecule has 2 aromatic carbocycles. The molecule has 6 heteroatoms. The molecular weight excluding hydrogens is 394 g/mol. The van der Waals surface area contributed by atoms with Crippen molar-refractivity contribution in [3.8, 4) is 17.0 Å². The van der Waals surface area contributed by atoms with Crippen LogP contribution >= 0.6 is 0 Å². The van der Waals surface area contributed by atoms with E-state index in [1.54, 1.807) is 6.07 Å². The van der Waals surface area contributed by atoms with E-state index in [2.05, 4.69) is 15.1 Å². The quantitative estimate of drug-likeness (QED) is 0.482. The van der Waals surface area contributed by atoms with Gasteiger partial charge in [0.25, 0.3) is 0 Å².